The Morgan fingerprint density at radius 1 is 1.00 bits per heavy atom. The highest BCUT2D eigenvalue weighted by molar-refractivity contribution is 5.18. The van der Waals surface area contributed by atoms with Gasteiger partial charge >= 0.3 is 0 Å². The Morgan fingerprint density at radius 3 is 2.33 bits per heavy atom. The number of fused-ring (bicyclic) bond motifs is 1. The van der Waals surface area contributed by atoms with Crippen LogP contribution in [0.3, 0.4) is 0 Å². The molecule has 1 aromatic carbocycles. The fraction of sp³-hybridized carbons (Fsp3) is 0.625. The van der Waals surface area contributed by atoms with Gasteiger partial charge in [-0.2, -0.15) is 0 Å². The van der Waals surface area contributed by atoms with E-state index in [0.29, 0.717) is 5.41 Å². The first-order chi connectivity index (χ1) is 8.81. The lowest BCUT2D eigenvalue weighted by atomic mass is 9.69. The SMILES string of the molecule is c1ccc(CC23CC4CN(CCN(C4)C2)C3)cc1. The third-order valence-electron chi connectivity index (χ3n) is 5.03. The van der Waals surface area contributed by atoms with Crippen molar-refractivity contribution < 1.29 is 0 Å². The largest absolute Gasteiger partial charge is 0.301 e. The van der Waals surface area contributed by atoms with Crippen molar-refractivity contribution >= 4 is 0 Å². The Balaban J connectivity index is 1.63. The van der Waals surface area contributed by atoms with E-state index in [0.717, 1.165) is 5.92 Å². The monoisotopic (exact) mass is 242 g/mol. The Hall–Kier alpha value is -0.860. The van der Waals surface area contributed by atoms with Crippen molar-refractivity contribution in [3.8, 4) is 0 Å². The van der Waals surface area contributed by atoms with Crippen LogP contribution in [0.15, 0.2) is 30.3 Å². The van der Waals surface area contributed by atoms with Crippen LogP contribution in [0, 0.1) is 11.3 Å². The zero-order chi connectivity index (χ0) is 12.0. The van der Waals surface area contributed by atoms with E-state index in [4.69, 9.17) is 0 Å². The Labute approximate surface area is 110 Å². The average Bonchev–Trinajstić information content (AvgIpc) is 2.56. The molecule has 0 aromatic heterocycles. The average molecular weight is 242 g/mol. The molecule has 0 N–H and O–H groups in total. The highest BCUT2D eigenvalue weighted by atomic mass is 15.3. The summed E-state index contributed by atoms with van der Waals surface area (Å²) in [5.41, 5.74) is 2.07. The minimum atomic E-state index is 0.541. The summed E-state index contributed by atoms with van der Waals surface area (Å²) >= 11 is 0. The molecule has 2 atom stereocenters. The molecule has 18 heavy (non-hydrogen) atoms. The lowest BCUT2D eigenvalue weighted by Gasteiger charge is -2.50. The zero-order valence-corrected chi connectivity index (χ0v) is 11.0. The lowest BCUT2D eigenvalue weighted by molar-refractivity contribution is 0.00655. The van der Waals surface area contributed by atoms with Crippen molar-refractivity contribution in [2.24, 2.45) is 11.3 Å². The fourth-order valence-electron chi connectivity index (χ4n) is 4.62. The minimum Gasteiger partial charge on any atom is -0.301 e. The van der Waals surface area contributed by atoms with E-state index < -0.39 is 0 Å². The van der Waals surface area contributed by atoms with Gasteiger partial charge in [0.2, 0.25) is 0 Å². The minimum absolute atomic E-state index is 0.541. The standard InChI is InChI=1S/C16H22N2/c1-2-4-14(5-3-1)8-16-9-15-10-17(12-16)6-7-18(11-15)13-16/h1-5,15H,6-13H2. The lowest BCUT2D eigenvalue weighted by Crippen LogP contribution is -2.55. The first kappa shape index (κ1) is 11.0. The highest BCUT2D eigenvalue weighted by Gasteiger charge is 2.46. The van der Waals surface area contributed by atoms with Crippen LogP contribution < -0.4 is 0 Å². The second kappa shape index (κ2) is 4.07. The van der Waals surface area contributed by atoms with E-state index in [1.54, 1.807) is 0 Å². The second-order valence-corrected chi connectivity index (χ2v) is 6.70. The third-order valence-corrected chi connectivity index (χ3v) is 5.03. The summed E-state index contributed by atoms with van der Waals surface area (Å²) in [7, 11) is 0. The molecule has 0 aliphatic carbocycles. The molecule has 2 unspecified atom stereocenters. The maximum absolute atomic E-state index is 2.73. The van der Waals surface area contributed by atoms with Crippen LogP contribution >= 0.6 is 0 Å². The Kier molecular flexibility index (Phi) is 2.49. The van der Waals surface area contributed by atoms with Crippen molar-refractivity contribution in [2.75, 3.05) is 39.3 Å². The number of benzene rings is 1. The summed E-state index contributed by atoms with van der Waals surface area (Å²) in [6.07, 6.45) is 2.73. The van der Waals surface area contributed by atoms with Crippen molar-refractivity contribution in [3.63, 3.8) is 0 Å². The molecule has 0 amide bonds. The van der Waals surface area contributed by atoms with E-state index in [1.807, 2.05) is 0 Å². The predicted octanol–water partition coefficient (Wildman–Crippen LogP) is 1.87. The van der Waals surface area contributed by atoms with E-state index in [2.05, 4.69) is 40.1 Å². The number of rotatable bonds is 2. The van der Waals surface area contributed by atoms with E-state index in [1.165, 1.54) is 57.7 Å². The van der Waals surface area contributed by atoms with E-state index in [9.17, 15) is 0 Å². The number of hydrogen-bond acceptors (Lipinski definition) is 2. The van der Waals surface area contributed by atoms with Gasteiger partial charge in [-0.25, -0.2) is 0 Å². The molecule has 4 heterocycles. The van der Waals surface area contributed by atoms with Crippen molar-refractivity contribution in [2.45, 2.75) is 12.8 Å². The van der Waals surface area contributed by atoms with Crippen LogP contribution in [0.5, 0.6) is 0 Å². The molecule has 0 saturated carbocycles. The summed E-state index contributed by atoms with van der Waals surface area (Å²) in [6, 6.07) is 11.1. The van der Waals surface area contributed by atoms with Crippen LogP contribution in [-0.2, 0) is 6.42 Å². The van der Waals surface area contributed by atoms with Gasteiger partial charge in [0, 0.05) is 44.7 Å². The molecule has 4 aliphatic rings. The van der Waals surface area contributed by atoms with Gasteiger partial charge < -0.3 is 9.80 Å². The van der Waals surface area contributed by atoms with Gasteiger partial charge in [0.05, 0.1) is 0 Å². The van der Waals surface area contributed by atoms with Gasteiger partial charge in [-0.3, -0.25) is 0 Å². The maximum Gasteiger partial charge on any atom is 0.0110 e. The summed E-state index contributed by atoms with van der Waals surface area (Å²) < 4.78 is 0. The van der Waals surface area contributed by atoms with Gasteiger partial charge in [0.25, 0.3) is 0 Å². The first-order valence-corrected chi connectivity index (χ1v) is 7.30. The van der Waals surface area contributed by atoms with Gasteiger partial charge in [-0.1, -0.05) is 30.3 Å². The topological polar surface area (TPSA) is 6.48 Å². The molecular weight excluding hydrogens is 220 g/mol. The fourth-order valence-corrected chi connectivity index (χ4v) is 4.62. The molecule has 0 radical (unpaired) electrons. The molecule has 0 spiro atoms. The van der Waals surface area contributed by atoms with Crippen LogP contribution in [0.2, 0.25) is 0 Å². The third kappa shape index (κ3) is 1.88. The first-order valence-electron chi connectivity index (χ1n) is 7.30. The van der Waals surface area contributed by atoms with Gasteiger partial charge in [0.1, 0.15) is 0 Å². The second-order valence-electron chi connectivity index (χ2n) is 6.70. The van der Waals surface area contributed by atoms with Crippen LogP contribution in [0.4, 0.5) is 0 Å². The Bertz CT molecular complexity index is 412. The summed E-state index contributed by atoms with van der Waals surface area (Å²) in [5, 5.41) is 0. The van der Waals surface area contributed by atoms with Crippen molar-refractivity contribution in [3.05, 3.63) is 35.9 Å². The molecule has 2 nitrogen and oxygen atoms in total. The van der Waals surface area contributed by atoms with E-state index in [-0.39, 0.29) is 0 Å². The summed E-state index contributed by atoms with van der Waals surface area (Å²) in [5.74, 6) is 0.929. The quantitative estimate of drug-likeness (QED) is 0.781. The molecule has 4 fully saturated rings. The maximum atomic E-state index is 2.73. The van der Waals surface area contributed by atoms with Gasteiger partial charge in [0.15, 0.2) is 0 Å². The molecule has 96 valence electrons. The van der Waals surface area contributed by atoms with Crippen LogP contribution in [-0.4, -0.2) is 49.1 Å². The molecule has 4 saturated heterocycles. The molecular formula is C16H22N2. The van der Waals surface area contributed by atoms with E-state index >= 15 is 0 Å². The molecule has 5 rings (SSSR count). The van der Waals surface area contributed by atoms with Crippen LogP contribution in [0.25, 0.3) is 0 Å². The molecule has 2 heteroatoms. The van der Waals surface area contributed by atoms with Gasteiger partial charge in [-0.05, 0) is 24.3 Å². The van der Waals surface area contributed by atoms with Crippen LogP contribution in [0.1, 0.15) is 12.0 Å². The summed E-state index contributed by atoms with van der Waals surface area (Å²) in [6.45, 7) is 7.96. The highest BCUT2D eigenvalue weighted by Crippen LogP contribution is 2.42. The predicted molar refractivity (Wildman–Crippen MR) is 73.6 cm³/mol. The molecule has 1 aromatic rings. The summed E-state index contributed by atoms with van der Waals surface area (Å²) in [4.78, 5) is 5.45. The number of hydrogen-bond donors (Lipinski definition) is 0. The number of nitrogens with zero attached hydrogens (tertiary/aromatic N) is 2. The smallest absolute Gasteiger partial charge is 0.0110 e. The van der Waals surface area contributed by atoms with Crippen molar-refractivity contribution in [1.29, 1.82) is 0 Å². The molecule has 4 bridgehead atoms. The van der Waals surface area contributed by atoms with Gasteiger partial charge in [-0.15, -0.1) is 0 Å². The zero-order valence-electron chi connectivity index (χ0n) is 11.0. The van der Waals surface area contributed by atoms with Crippen molar-refractivity contribution in [1.82, 2.24) is 9.80 Å². The molecule has 4 aliphatic heterocycles. The number of piperidine rings is 2. The Morgan fingerprint density at radius 2 is 1.67 bits per heavy atom. The normalized spacial score (nSPS) is 41.9.